The molecule has 23 heavy (non-hydrogen) atoms. The summed E-state index contributed by atoms with van der Waals surface area (Å²) >= 11 is 8.58. The molecule has 6 heteroatoms. The van der Waals surface area contributed by atoms with Crippen LogP contribution in [0.5, 0.6) is 0 Å². The van der Waals surface area contributed by atoms with Crippen LogP contribution in [0.1, 0.15) is 15.9 Å². The van der Waals surface area contributed by atoms with Crippen molar-refractivity contribution in [2.24, 2.45) is 0 Å². The molecule has 1 fully saturated rings. The summed E-state index contributed by atoms with van der Waals surface area (Å²) in [5.74, 6) is -0.758. The van der Waals surface area contributed by atoms with E-state index < -0.39 is 0 Å². The molecule has 114 valence electrons. The first-order chi connectivity index (χ1) is 11.1. The zero-order valence-corrected chi connectivity index (χ0v) is 15.5. The van der Waals surface area contributed by atoms with Crippen LogP contribution in [0, 0.1) is 3.57 Å². The maximum absolute atomic E-state index is 12.5. The van der Waals surface area contributed by atoms with Gasteiger partial charge in [-0.2, -0.15) is 0 Å². The summed E-state index contributed by atoms with van der Waals surface area (Å²) in [6.07, 6.45) is 1.76. The molecule has 1 heterocycles. The quantitative estimate of drug-likeness (QED) is 0.295. The van der Waals surface area contributed by atoms with Crippen molar-refractivity contribution < 1.29 is 9.59 Å². The molecular weight excluding hydrogens is 441 g/mol. The number of hydrogen-bond acceptors (Lipinski definition) is 4. The van der Waals surface area contributed by atoms with Crippen molar-refractivity contribution in [2.45, 2.75) is 0 Å². The second-order valence-corrected chi connectivity index (χ2v) is 7.66. The maximum atomic E-state index is 12.5. The van der Waals surface area contributed by atoms with Crippen molar-refractivity contribution in [1.29, 1.82) is 0 Å². The van der Waals surface area contributed by atoms with E-state index in [0.717, 1.165) is 25.8 Å². The molecule has 1 saturated heterocycles. The first-order valence-corrected chi connectivity index (χ1v) is 8.99. The van der Waals surface area contributed by atoms with E-state index in [1.165, 1.54) is 0 Å². The van der Waals surface area contributed by atoms with Gasteiger partial charge in [-0.05, 0) is 58.5 Å². The standard InChI is InChI=1S/C17H10INO2S2/c18-13-8-6-11(7-9-13)10-14-16(21)19(17(22)23-14)15(20)12-4-2-1-3-5-12/h1-10H. The van der Waals surface area contributed by atoms with Crippen LogP contribution in [0.4, 0.5) is 0 Å². The lowest BCUT2D eigenvalue weighted by molar-refractivity contribution is -0.120. The van der Waals surface area contributed by atoms with Gasteiger partial charge >= 0.3 is 0 Å². The van der Waals surface area contributed by atoms with Gasteiger partial charge < -0.3 is 0 Å². The van der Waals surface area contributed by atoms with E-state index in [1.54, 1.807) is 30.3 Å². The predicted molar refractivity (Wildman–Crippen MR) is 105 cm³/mol. The number of thiocarbonyl (C=S) groups is 1. The summed E-state index contributed by atoms with van der Waals surface area (Å²) in [6, 6.07) is 16.4. The topological polar surface area (TPSA) is 37.4 Å². The number of imide groups is 1. The van der Waals surface area contributed by atoms with E-state index in [-0.39, 0.29) is 16.1 Å². The van der Waals surface area contributed by atoms with Crippen molar-refractivity contribution in [3.05, 3.63) is 74.2 Å². The van der Waals surface area contributed by atoms with Gasteiger partial charge in [-0.15, -0.1) is 0 Å². The van der Waals surface area contributed by atoms with Crippen LogP contribution in [-0.2, 0) is 4.79 Å². The van der Waals surface area contributed by atoms with E-state index >= 15 is 0 Å². The van der Waals surface area contributed by atoms with E-state index in [4.69, 9.17) is 12.2 Å². The summed E-state index contributed by atoms with van der Waals surface area (Å²) in [4.78, 5) is 26.5. The van der Waals surface area contributed by atoms with Gasteiger partial charge in [0.05, 0.1) is 4.91 Å². The fourth-order valence-electron chi connectivity index (χ4n) is 2.06. The third kappa shape index (κ3) is 3.54. The third-order valence-corrected chi connectivity index (χ3v) is 5.21. The van der Waals surface area contributed by atoms with E-state index in [0.29, 0.717) is 10.5 Å². The summed E-state index contributed by atoms with van der Waals surface area (Å²) in [6.45, 7) is 0. The van der Waals surface area contributed by atoms with Crippen molar-refractivity contribution in [2.75, 3.05) is 0 Å². The number of thioether (sulfide) groups is 1. The first-order valence-electron chi connectivity index (χ1n) is 6.69. The van der Waals surface area contributed by atoms with Crippen LogP contribution >= 0.6 is 46.6 Å². The van der Waals surface area contributed by atoms with Crippen molar-refractivity contribution in [1.82, 2.24) is 4.90 Å². The van der Waals surface area contributed by atoms with Crippen LogP contribution in [0.15, 0.2) is 59.5 Å². The number of carbonyl (C=O) groups excluding carboxylic acids is 2. The zero-order valence-electron chi connectivity index (χ0n) is 11.7. The van der Waals surface area contributed by atoms with Gasteiger partial charge in [-0.25, -0.2) is 4.90 Å². The van der Waals surface area contributed by atoms with Gasteiger partial charge in [0.25, 0.3) is 11.8 Å². The van der Waals surface area contributed by atoms with Crippen LogP contribution in [-0.4, -0.2) is 21.0 Å². The second-order valence-electron chi connectivity index (χ2n) is 4.74. The highest BCUT2D eigenvalue weighted by Crippen LogP contribution is 2.33. The van der Waals surface area contributed by atoms with Crippen molar-refractivity contribution in [3.63, 3.8) is 0 Å². The lowest BCUT2D eigenvalue weighted by Crippen LogP contribution is -2.34. The number of nitrogens with zero attached hydrogens (tertiary/aromatic N) is 1. The molecule has 2 aromatic carbocycles. The zero-order chi connectivity index (χ0) is 16.4. The van der Waals surface area contributed by atoms with Crippen molar-refractivity contribution in [3.8, 4) is 0 Å². The largest absolute Gasteiger partial charge is 0.273 e. The Hall–Kier alpha value is -1.51. The molecule has 0 aliphatic carbocycles. The monoisotopic (exact) mass is 451 g/mol. The van der Waals surface area contributed by atoms with Crippen LogP contribution in [0.2, 0.25) is 0 Å². The summed E-state index contributed by atoms with van der Waals surface area (Å²) < 4.78 is 1.38. The van der Waals surface area contributed by atoms with Gasteiger partial charge in [0.15, 0.2) is 4.32 Å². The Balaban J connectivity index is 1.88. The highest BCUT2D eigenvalue weighted by Gasteiger charge is 2.37. The minimum absolute atomic E-state index is 0.264. The summed E-state index contributed by atoms with van der Waals surface area (Å²) in [7, 11) is 0. The first kappa shape index (κ1) is 16.4. The minimum Gasteiger partial charge on any atom is -0.268 e. The number of hydrogen-bond donors (Lipinski definition) is 0. The predicted octanol–water partition coefficient (Wildman–Crippen LogP) is 4.33. The lowest BCUT2D eigenvalue weighted by atomic mass is 10.2. The molecule has 2 amide bonds. The lowest BCUT2D eigenvalue weighted by Gasteiger charge is -2.12. The Labute approximate surface area is 156 Å². The Bertz CT molecular complexity index is 816. The number of rotatable bonds is 2. The number of halogens is 1. The molecule has 0 atom stereocenters. The molecule has 0 radical (unpaired) electrons. The SMILES string of the molecule is O=C1C(=Cc2ccc(I)cc2)SC(=S)N1C(=O)c1ccccc1. The minimum atomic E-state index is -0.390. The molecular formula is C17H10INO2S2. The second kappa shape index (κ2) is 6.94. The third-order valence-electron chi connectivity index (χ3n) is 3.19. The van der Waals surface area contributed by atoms with Crippen LogP contribution in [0.25, 0.3) is 6.08 Å². The molecule has 2 aromatic rings. The number of benzene rings is 2. The van der Waals surface area contributed by atoms with Crippen LogP contribution < -0.4 is 0 Å². The fraction of sp³-hybridized carbons (Fsp3) is 0. The van der Waals surface area contributed by atoms with E-state index in [1.807, 2.05) is 30.3 Å². The normalized spacial score (nSPS) is 16.2. The average molecular weight is 451 g/mol. The molecule has 1 aliphatic heterocycles. The smallest absolute Gasteiger partial charge is 0.268 e. The Morgan fingerprint density at radius 3 is 2.39 bits per heavy atom. The van der Waals surface area contributed by atoms with Crippen LogP contribution in [0.3, 0.4) is 0 Å². The Morgan fingerprint density at radius 1 is 1.09 bits per heavy atom. The molecule has 1 aliphatic rings. The molecule has 0 bridgehead atoms. The molecule has 0 aromatic heterocycles. The highest BCUT2D eigenvalue weighted by molar-refractivity contribution is 14.1. The Kier molecular flexibility index (Phi) is 4.93. The van der Waals surface area contributed by atoms with Gasteiger partial charge in [0.1, 0.15) is 0 Å². The summed E-state index contributed by atoms with van der Waals surface area (Å²) in [5, 5.41) is 0. The Morgan fingerprint density at radius 2 is 1.74 bits per heavy atom. The van der Waals surface area contributed by atoms with Gasteiger partial charge in [-0.1, -0.05) is 54.3 Å². The van der Waals surface area contributed by atoms with Crippen molar-refractivity contribution >= 4 is 68.8 Å². The average Bonchev–Trinajstić information content (AvgIpc) is 2.84. The molecule has 3 nitrogen and oxygen atoms in total. The summed E-state index contributed by atoms with van der Waals surface area (Å²) in [5.41, 5.74) is 1.34. The molecule has 0 spiro atoms. The molecule has 0 saturated carbocycles. The van der Waals surface area contributed by atoms with Gasteiger partial charge in [-0.3, -0.25) is 9.59 Å². The van der Waals surface area contributed by atoms with E-state index in [9.17, 15) is 9.59 Å². The molecule has 0 unspecified atom stereocenters. The molecule has 3 rings (SSSR count). The van der Waals surface area contributed by atoms with E-state index in [2.05, 4.69) is 22.6 Å². The number of carbonyl (C=O) groups is 2. The van der Waals surface area contributed by atoms with Gasteiger partial charge in [0.2, 0.25) is 0 Å². The highest BCUT2D eigenvalue weighted by atomic mass is 127. The number of amides is 2. The van der Waals surface area contributed by atoms with Gasteiger partial charge in [0, 0.05) is 9.13 Å². The molecule has 0 N–H and O–H groups in total. The fourth-order valence-corrected chi connectivity index (χ4v) is 3.68. The maximum Gasteiger partial charge on any atom is 0.273 e.